The first-order valence-corrected chi connectivity index (χ1v) is 7.25. The maximum absolute atomic E-state index is 13.5. The normalized spacial score (nSPS) is 11.8. The van der Waals surface area contributed by atoms with E-state index in [1.807, 2.05) is 0 Å². The van der Waals surface area contributed by atoms with Gasteiger partial charge in [0.25, 0.3) is 0 Å². The Morgan fingerprint density at radius 1 is 1.09 bits per heavy atom. The molecular weight excluding hydrogens is 302 g/mol. The smallest absolute Gasteiger partial charge is 0.314 e. The Hall–Kier alpha value is -2.47. The maximum Gasteiger partial charge on any atom is 0.314 e. The largest absolute Gasteiger partial charge is 0.386 e. The first kappa shape index (κ1) is 16.9. The van der Waals surface area contributed by atoms with Crippen LogP contribution in [0.1, 0.15) is 17.2 Å². The molecule has 1 unspecified atom stereocenters. The highest BCUT2D eigenvalue weighted by molar-refractivity contribution is 5.73. The summed E-state index contributed by atoms with van der Waals surface area (Å²) in [5.41, 5.74) is 0.907. The van der Waals surface area contributed by atoms with Gasteiger partial charge in [0.1, 0.15) is 11.6 Å². The Morgan fingerprint density at radius 2 is 1.87 bits per heavy atom. The second-order valence-electron chi connectivity index (χ2n) is 5.05. The molecule has 0 aromatic heterocycles. The molecule has 6 heteroatoms. The molecule has 2 aromatic carbocycles. The Morgan fingerprint density at radius 3 is 2.61 bits per heavy atom. The zero-order valence-electron chi connectivity index (χ0n) is 12.4. The Bertz CT molecular complexity index is 665. The molecule has 0 aliphatic carbocycles. The highest BCUT2D eigenvalue weighted by Gasteiger charge is 2.13. The van der Waals surface area contributed by atoms with Crippen molar-refractivity contribution in [3.05, 3.63) is 71.3 Å². The molecule has 0 bridgehead atoms. The molecule has 2 amide bonds. The summed E-state index contributed by atoms with van der Waals surface area (Å²) in [7, 11) is 0. The van der Waals surface area contributed by atoms with Crippen molar-refractivity contribution in [1.82, 2.24) is 10.6 Å². The van der Waals surface area contributed by atoms with E-state index in [0.29, 0.717) is 13.0 Å². The molecule has 4 nitrogen and oxygen atoms in total. The number of rotatable bonds is 6. The Kier molecular flexibility index (Phi) is 6.05. The molecule has 2 aromatic rings. The van der Waals surface area contributed by atoms with Gasteiger partial charge < -0.3 is 15.7 Å². The van der Waals surface area contributed by atoms with Crippen molar-refractivity contribution in [2.75, 3.05) is 13.1 Å². The molecule has 1 atom stereocenters. The summed E-state index contributed by atoms with van der Waals surface area (Å²) >= 11 is 0. The molecular formula is C17H18F2N2O2. The van der Waals surface area contributed by atoms with Gasteiger partial charge in [0.15, 0.2) is 0 Å². The van der Waals surface area contributed by atoms with Crippen LogP contribution in [-0.4, -0.2) is 24.2 Å². The minimum absolute atomic E-state index is 0.104. The fraction of sp³-hybridized carbons (Fsp3) is 0.235. The van der Waals surface area contributed by atoms with E-state index in [1.54, 1.807) is 18.2 Å². The molecule has 0 saturated carbocycles. The Balaban J connectivity index is 1.72. The molecule has 122 valence electrons. The van der Waals surface area contributed by atoms with Gasteiger partial charge in [0.2, 0.25) is 0 Å². The third-order valence-corrected chi connectivity index (χ3v) is 3.31. The topological polar surface area (TPSA) is 61.4 Å². The van der Waals surface area contributed by atoms with Crippen molar-refractivity contribution in [2.45, 2.75) is 12.5 Å². The van der Waals surface area contributed by atoms with Crippen LogP contribution in [0.5, 0.6) is 0 Å². The predicted molar refractivity (Wildman–Crippen MR) is 82.9 cm³/mol. The average Bonchev–Trinajstić information content (AvgIpc) is 2.53. The quantitative estimate of drug-likeness (QED) is 0.766. The van der Waals surface area contributed by atoms with Crippen molar-refractivity contribution in [3.63, 3.8) is 0 Å². The van der Waals surface area contributed by atoms with Crippen molar-refractivity contribution >= 4 is 6.03 Å². The standard InChI is InChI=1S/C17H18F2N2O2/c18-13-5-3-4-12(10-13)8-9-20-17(23)21-11-16(22)14-6-1-2-7-15(14)19/h1-7,10,16,22H,8-9,11H2,(H2,20,21,23). The highest BCUT2D eigenvalue weighted by Crippen LogP contribution is 2.15. The summed E-state index contributed by atoms with van der Waals surface area (Å²) < 4.78 is 26.5. The number of carbonyl (C=O) groups excluding carboxylic acids is 1. The lowest BCUT2D eigenvalue weighted by molar-refractivity contribution is 0.169. The van der Waals surface area contributed by atoms with Gasteiger partial charge >= 0.3 is 6.03 Å². The SMILES string of the molecule is O=C(NCCc1cccc(F)c1)NCC(O)c1ccccc1F. The second kappa shape index (κ2) is 8.24. The molecule has 2 rings (SSSR count). The fourth-order valence-corrected chi connectivity index (χ4v) is 2.12. The number of hydrogen-bond acceptors (Lipinski definition) is 2. The van der Waals surface area contributed by atoms with E-state index in [9.17, 15) is 18.7 Å². The number of halogens is 2. The molecule has 0 spiro atoms. The van der Waals surface area contributed by atoms with Crippen LogP contribution in [0.25, 0.3) is 0 Å². The third kappa shape index (κ3) is 5.34. The van der Waals surface area contributed by atoms with E-state index < -0.39 is 18.0 Å². The van der Waals surface area contributed by atoms with Gasteiger partial charge in [-0.1, -0.05) is 30.3 Å². The number of nitrogens with one attached hydrogen (secondary N) is 2. The van der Waals surface area contributed by atoms with E-state index in [-0.39, 0.29) is 17.9 Å². The van der Waals surface area contributed by atoms with Crippen LogP contribution in [0, 0.1) is 11.6 Å². The average molecular weight is 320 g/mol. The van der Waals surface area contributed by atoms with Crippen molar-refractivity contribution < 1.29 is 18.7 Å². The van der Waals surface area contributed by atoms with Crippen molar-refractivity contribution in [1.29, 1.82) is 0 Å². The summed E-state index contributed by atoms with van der Waals surface area (Å²) in [6.07, 6.45) is -0.633. The number of aliphatic hydroxyl groups is 1. The molecule has 0 aliphatic heterocycles. The number of benzene rings is 2. The van der Waals surface area contributed by atoms with Gasteiger partial charge in [0, 0.05) is 18.7 Å². The maximum atomic E-state index is 13.5. The highest BCUT2D eigenvalue weighted by atomic mass is 19.1. The first-order chi connectivity index (χ1) is 11.1. The minimum Gasteiger partial charge on any atom is -0.386 e. The van der Waals surface area contributed by atoms with Gasteiger partial charge in [0.05, 0.1) is 6.10 Å². The Labute approximate surface area is 133 Å². The van der Waals surface area contributed by atoms with E-state index in [1.165, 1.54) is 30.3 Å². The third-order valence-electron chi connectivity index (χ3n) is 3.31. The van der Waals surface area contributed by atoms with Crippen LogP contribution in [0.2, 0.25) is 0 Å². The van der Waals surface area contributed by atoms with Gasteiger partial charge in [-0.05, 0) is 30.2 Å². The van der Waals surface area contributed by atoms with Gasteiger partial charge in [-0.15, -0.1) is 0 Å². The predicted octanol–water partition coefficient (Wildman–Crippen LogP) is 2.54. The second-order valence-corrected chi connectivity index (χ2v) is 5.05. The van der Waals surface area contributed by atoms with Gasteiger partial charge in [-0.3, -0.25) is 0 Å². The summed E-state index contributed by atoms with van der Waals surface area (Å²) in [6.45, 7) is 0.220. The van der Waals surface area contributed by atoms with Crippen LogP contribution in [0.3, 0.4) is 0 Å². The monoisotopic (exact) mass is 320 g/mol. The first-order valence-electron chi connectivity index (χ1n) is 7.25. The molecule has 0 radical (unpaired) electrons. The van der Waals surface area contributed by atoms with Crippen LogP contribution in [-0.2, 0) is 6.42 Å². The number of amides is 2. The molecule has 23 heavy (non-hydrogen) atoms. The van der Waals surface area contributed by atoms with Crippen LogP contribution in [0.4, 0.5) is 13.6 Å². The molecule has 0 aliphatic rings. The lowest BCUT2D eigenvalue weighted by atomic mass is 10.1. The van der Waals surface area contributed by atoms with E-state index in [4.69, 9.17) is 0 Å². The van der Waals surface area contributed by atoms with Gasteiger partial charge in [-0.2, -0.15) is 0 Å². The number of aliphatic hydroxyl groups excluding tert-OH is 1. The van der Waals surface area contributed by atoms with Crippen molar-refractivity contribution in [2.24, 2.45) is 0 Å². The lowest BCUT2D eigenvalue weighted by Gasteiger charge is -2.13. The molecule has 0 saturated heterocycles. The molecule has 3 N–H and O–H groups in total. The van der Waals surface area contributed by atoms with Crippen molar-refractivity contribution in [3.8, 4) is 0 Å². The number of hydrogen-bond donors (Lipinski definition) is 3. The molecule has 0 heterocycles. The summed E-state index contributed by atoms with van der Waals surface area (Å²) in [6, 6.07) is 11.5. The lowest BCUT2D eigenvalue weighted by Crippen LogP contribution is -2.38. The van der Waals surface area contributed by atoms with Crippen LogP contribution in [0.15, 0.2) is 48.5 Å². The number of carbonyl (C=O) groups is 1. The summed E-state index contributed by atoms with van der Waals surface area (Å²) in [4.78, 5) is 11.6. The fourth-order valence-electron chi connectivity index (χ4n) is 2.12. The number of urea groups is 1. The molecule has 0 fully saturated rings. The van der Waals surface area contributed by atoms with Crippen LogP contribution < -0.4 is 10.6 Å². The van der Waals surface area contributed by atoms with E-state index in [0.717, 1.165) is 5.56 Å². The van der Waals surface area contributed by atoms with E-state index >= 15 is 0 Å². The zero-order chi connectivity index (χ0) is 16.7. The van der Waals surface area contributed by atoms with Gasteiger partial charge in [-0.25, -0.2) is 13.6 Å². The minimum atomic E-state index is -1.12. The zero-order valence-corrected chi connectivity index (χ0v) is 12.4. The van der Waals surface area contributed by atoms with E-state index in [2.05, 4.69) is 10.6 Å². The summed E-state index contributed by atoms with van der Waals surface area (Å²) in [5.74, 6) is -0.840. The summed E-state index contributed by atoms with van der Waals surface area (Å²) in [5, 5.41) is 14.9. The van der Waals surface area contributed by atoms with Crippen LogP contribution >= 0.6 is 0 Å².